The Morgan fingerprint density at radius 2 is 1.55 bits per heavy atom. The molecule has 1 amide bonds. The van der Waals surface area contributed by atoms with Gasteiger partial charge in [0.1, 0.15) is 0 Å². The fourth-order valence-electron chi connectivity index (χ4n) is 3.68. The topological polar surface area (TPSA) is 72.8 Å². The molecule has 0 aliphatic heterocycles. The predicted molar refractivity (Wildman–Crippen MR) is 131 cm³/mol. The van der Waals surface area contributed by atoms with Crippen molar-refractivity contribution in [2.75, 3.05) is 38.5 Å². The maximum absolute atomic E-state index is 13.5. The van der Waals surface area contributed by atoms with Gasteiger partial charge in [-0.15, -0.1) is 0 Å². The first-order valence-corrected chi connectivity index (χ1v) is 10.4. The van der Waals surface area contributed by atoms with Crippen LogP contribution in [0.3, 0.4) is 0 Å². The number of anilines is 2. The summed E-state index contributed by atoms with van der Waals surface area (Å²) >= 11 is 0. The van der Waals surface area contributed by atoms with Crippen molar-refractivity contribution in [3.63, 3.8) is 0 Å². The number of hydrogen-bond acceptors (Lipinski definition) is 5. The first-order chi connectivity index (χ1) is 15.9. The van der Waals surface area contributed by atoms with Crippen LogP contribution in [0.5, 0.6) is 11.5 Å². The van der Waals surface area contributed by atoms with E-state index < -0.39 is 0 Å². The van der Waals surface area contributed by atoms with Gasteiger partial charge in [-0.1, -0.05) is 24.3 Å². The van der Waals surface area contributed by atoms with Gasteiger partial charge < -0.3 is 19.7 Å². The summed E-state index contributed by atoms with van der Waals surface area (Å²) in [6, 6.07) is 20.0. The Balaban J connectivity index is 1.98. The average molecular weight is 444 g/mol. The molecule has 0 radical (unpaired) electrons. The fraction of sp³-hybridized carbons (Fsp3) is 0.154. The molecular formula is C26H25N3O4. The van der Waals surface area contributed by atoms with Gasteiger partial charge in [-0.2, -0.15) is 0 Å². The number of pyridine rings is 1. The van der Waals surface area contributed by atoms with Crippen LogP contribution in [0.15, 0.2) is 77.7 Å². The Kier molecular flexibility index (Phi) is 6.04. The summed E-state index contributed by atoms with van der Waals surface area (Å²) in [7, 11) is 6.88. The number of hydrogen-bond donors (Lipinski definition) is 1. The summed E-state index contributed by atoms with van der Waals surface area (Å²) in [6.07, 6.45) is 1.57. The maximum Gasteiger partial charge on any atom is 0.263 e. The average Bonchev–Trinajstić information content (AvgIpc) is 2.84. The largest absolute Gasteiger partial charge is 0.493 e. The van der Waals surface area contributed by atoms with Crippen molar-refractivity contribution < 1.29 is 14.3 Å². The first kappa shape index (κ1) is 22.0. The zero-order valence-corrected chi connectivity index (χ0v) is 19.0. The van der Waals surface area contributed by atoms with Crippen molar-refractivity contribution in [3.8, 4) is 17.2 Å². The third-order valence-corrected chi connectivity index (χ3v) is 5.42. The number of fused-ring (bicyclic) bond motifs is 1. The van der Waals surface area contributed by atoms with Crippen LogP contribution < -0.4 is 25.2 Å². The van der Waals surface area contributed by atoms with E-state index in [9.17, 15) is 9.59 Å². The van der Waals surface area contributed by atoms with E-state index in [2.05, 4.69) is 5.32 Å². The zero-order chi connectivity index (χ0) is 23.5. The lowest BCUT2D eigenvalue weighted by molar-refractivity contribution is 0.102. The van der Waals surface area contributed by atoms with Crippen LogP contribution >= 0.6 is 0 Å². The van der Waals surface area contributed by atoms with Crippen LogP contribution in [0.2, 0.25) is 0 Å². The molecule has 1 heterocycles. The normalized spacial score (nSPS) is 10.7. The number of rotatable bonds is 6. The standard InChI is InChI=1S/C26H25N3O4/c1-28(2)18-11-8-12-19(13-18)29-16-22(25(30)27-17-9-6-5-7-10-17)20-14-23(32-3)24(33-4)15-21(20)26(29)31/h5-16H,1-4H3,(H,27,30). The van der Waals surface area contributed by atoms with Crippen molar-refractivity contribution in [2.24, 2.45) is 0 Å². The molecule has 0 bridgehead atoms. The molecule has 0 atom stereocenters. The molecule has 0 saturated carbocycles. The number of nitrogens with one attached hydrogen (secondary N) is 1. The number of ether oxygens (including phenoxy) is 2. The van der Waals surface area contributed by atoms with E-state index in [4.69, 9.17) is 9.47 Å². The molecule has 0 spiro atoms. The number of nitrogens with zero attached hydrogens (tertiary/aromatic N) is 2. The predicted octanol–water partition coefficient (Wildman–Crippen LogP) is 4.33. The molecule has 0 saturated heterocycles. The van der Waals surface area contributed by atoms with Gasteiger partial charge in [-0.3, -0.25) is 14.2 Å². The lowest BCUT2D eigenvalue weighted by Crippen LogP contribution is -2.23. The Labute approximate surface area is 191 Å². The van der Waals surface area contributed by atoms with Gasteiger partial charge in [-0.05, 0) is 42.5 Å². The van der Waals surface area contributed by atoms with E-state index in [1.807, 2.05) is 61.5 Å². The SMILES string of the molecule is COc1cc2c(C(=O)Nc3ccccc3)cn(-c3cccc(N(C)C)c3)c(=O)c2cc1OC. The van der Waals surface area contributed by atoms with Crippen LogP contribution in [-0.2, 0) is 0 Å². The van der Waals surface area contributed by atoms with Crippen LogP contribution in [-0.4, -0.2) is 38.8 Å². The van der Waals surface area contributed by atoms with Gasteiger partial charge in [0, 0.05) is 37.1 Å². The van der Waals surface area contributed by atoms with Crippen molar-refractivity contribution >= 4 is 28.1 Å². The Morgan fingerprint density at radius 1 is 0.879 bits per heavy atom. The van der Waals surface area contributed by atoms with Gasteiger partial charge in [0.2, 0.25) is 0 Å². The van der Waals surface area contributed by atoms with E-state index in [-0.39, 0.29) is 11.5 Å². The van der Waals surface area contributed by atoms with E-state index in [1.54, 1.807) is 30.5 Å². The molecule has 4 aromatic rings. The molecule has 0 unspecified atom stereocenters. The Hall–Kier alpha value is -4.26. The summed E-state index contributed by atoms with van der Waals surface area (Å²) < 4.78 is 12.3. The second kappa shape index (κ2) is 9.08. The molecule has 7 nitrogen and oxygen atoms in total. The van der Waals surface area contributed by atoms with Crippen LogP contribution in [0.25, 0.3) is 16.5 Å². The van der Waals surface area contributed by atoms with Gasteiger partial charge in [0.05, 0.1) is 30.9 Å². The third-order valence-electron chi connectivity index (χ3n) is 5.42. The van der Waals surface area contributed by atoms with Gasteiger partial charge in [0.25, 0.3) is 11.5 Å². The molecule has 168 valence electrons. The Bertz CT molecular complexity index is 1380. The molecule has 0 fully saturated rings. The van der Waals surface area contributed by atoms with Crippen molar-refractivity contribution in [2.45, 2.75) is 0 Å². The number of carbonyl (C=O) groups excluding carboxylic acids is 1. The molecule has 3 aromatic carbocycles. The summed E-state index contributed by atoms with van der Waals surface area (Å²) in [5.74, 6) is 0.512. The van der Waals surface area contributed by atoms with Crippen LogP contribution in [0.1, 0.15) is 10.4 Å². The minimum absolute atomic E-state index is 0.266. The highest BCUT2D eigenvalue weighted by Crippen LogP contribution is 2.33. The lowest BCUT2D eigenvalue weighted by atomic mass is 10.0. The number of para-hydroxylation sites is 1. The van der Waals surface area contributed by atoms with E-state index >= 15 is 0 Å². The zero-order valence-electron chi connectivity index (χ0n) is 19.0. The summed E-state index contributed by atoms with van der Waals surface area (Å²) in [6.45, 7) is 0. The monoisotopic (exact) mass is 443 g/mol. The second-order valence-corrected chi connectivity index (χ2v) is 7.71. The van der Waals surface area contributed by atoms with E-state index in [1.165, 1.54) is 18.8 Å². The van der Waals surface area contributed by atoms with E-state index in [0.717, 1.165) is 5.69 Å². The van der Waals surface area contributed by atoms with E-state index in [0.29, 0.717) is 39.2 Å². The maximum atomic E-state index is 13.5. The Morgan fingerprint density at radius 3 is 2.18 bits per heavy atom. The smallest absolute Gasteiger partial charge is 0.263 e. The fourth-order valence-corrected chi connectivity index (χ4v) is 3.68. The molecule has 7 heteroatoms. The number of amides is 1. The molecular weight excluding hydrogens is 418 g/mol. The molecule has 1 aromatic heterocycles. The molecule has 1 N–H and O–H groups in total. The number of benzene rings is 3. The molecule has 0 aliphatic rings. The molecule has 0 aliphatic carbocycles. The molecule has 4 rings (SSSR count). The van der Waals surface area contributed by atoms with Gasteiger partial charge in [0.15, 0.2) is 11.5 Å². The van der Waals surface area contributed by atoms with Crippen LogP contribution in [0.4, 0.5) is 11.4 Å². The lowest BCUT2D eigenvalue weighted by Gasteiger charge is -2.17. The number of methoxy groups -OCH3 is 2. The minimum atomic E-state index is -0.337. The van der Waals surface area contributed by atoms with Crippen molar-refractivity contribution in [3.05, 3.63) is 88.8 Å². The van der Waals surface area contributed by atoms with Crippen molar-refractivity contribution in [1.29, 1.82) is 0 Å². The van der Waals surface area contributed by atoms with Gasteiger partial charge >= 0.3 is 0 Å². The summed E-state index contributed by atoms with van der Waals surface area (Å²) in [5.41, 5.74) is 2.31. The highest BCUT2D eigenvalue weighted by atomic mass is 16.5. The number of carbonyl (C=O) groups is 1. The highest BCUT2D eigenvalue weighted by Gasteiger charge is 2.19. The second-order valence-electron chi connectivity index (χ2n) is 7.71. The third kappa shape index (κ3) is 4.25. The summed E-state index contributed by atoms with van der Waals surface area (Å²) in [4.78, 5) is 28.8. The summed E-state index contributed by atoms with van der Waals surface area (Å²) in [5, 5.41) is 3.74. The number of aromatic nitrogens is 1. The van der Waals surface area contributed by atoms with Crippen LogP contribution in [0, 0.1) is 0 Å². The van der Waals surface area contributed by atoms with Gasteiger partial charge in [-0.25, -0.2) is 0 Å². The first-order valence-electron chi connectivity index (χ1n) is 10.4. The molecule has 33 heavy (non-hydrogen) atoms. The van der Waals surface area contributed by atoms with Crippen molar-refractivity contribution in [1.82, 2.24) is 4.57 Å². The highest BCUT2D eigenvalue weighted by molar-refractivity contribution is 6.13. The quantitative estimate of drug-likeness (QED) is 0.480. The minimum Gasteiger partial charge on any atom is -0.493 e.